The Hall–Kier alpha value is -2.09. The molecule has 33 heavy (non-hydrogen) atoms. The molecule has 182 valence electrons. The average Bonchev–Trinajstić information content (AvgIpc) is 3.16. The third-order valence-electron chi connectivity index (χ3n) is 6.37. The van der Waals surface area contributed by atoms with Crippen molar-refractivity contribution in [1.82, 2.24) is 4.98 Å². The van der Waals surface area contributed by atoms with Crippen LogP contribution in [0.25, 0.3) is 6.08 Å². The lowest BCUT2D eigenvalue weighted by atomic mass is 9.73. The summed E-state index contributed by atoms with van der Waals surface area (Å²) < 4.78 is 5.73. The second-order valence-electron chi connectivity index (χ2n) is 9.55. The predicted molar refractivity (Wildman–Crippen MR) is 132 cm³/mol. The van der Waals surface area contributed by atoms with Crippen molar-refractivity contribution in [3.8, 4) is 0 Å². The van der Waals surface area contributed by atoms with E-state index in [9.17, 15) is 19.8 Å². The predicted octanol–water partition coefficient (Wildman–Crippen LogP) is 4.65. The van der Waals surface area contributed by atoms with Crippen molar-refractivity contribution in [1.29, 1.82) is 0 Å². The van der Waals surface area contributed by atoms with Gasteiger partial charge in [0, 0.05) is 17.7 Å². The molecular weight excluding hydrogens is 438 g/mol. The van der Waals surface area contributed by atoms with E-state index >= 15 is 0 Å². The van der Waals surface area contributed by atoms with Crippen LogP contribution in [0, 0.1) is 24.2 Å². The van der Waals surface area contributed by atoms with Crippen LogP contribution < -0.4 is 0 Å². The third kappa shape index (κ3) is 7.45. The molecule has 0 amide bonds. The Balaban J connectivity index is 2.32. The molecule has 1 unspecified atom stereocenters. The van der Waals surface area contributed by atoms with E-state index in [1.807, 2.05) is 56.5 Å². The van der Waals surface area contributed by atoms with E-state index in [4.69, 9.17) is 4.74 Å². The van der Waals surface area contributed by atoms with Crippen molar-refractivity contribution < 1.29 is 24.5 Å². The van der Waals surface area contributed by atoms with Gasteiger partial charge in [0.15, 0.2) is 0 Å². The number of rotatable bonds is 2. The molecular formula is C26H37NO5S. The van der Waals surface area contributed by atoms with E-state index in [1.165, 1.54) is 0 Å². The summed E-state index contributed by atoms with van der Waals surface area (Å²) in [7, 11) is 0. The van der Waals surface area contributed by atoms with Crippen LogP contribution >= 0.6 is 11.3 Å². The van der Waals surface area contributed by atoms with Gasteiger partial charge in [-0.05, 0) is 37.8 Å². The number of cyclic esters (lactones) is 1. The molecule has 0 radical (unpaired) electrons. The zero-order valence-electron chi connectivity index (χ0n) is 20.4. The normalized spacial score (nSPS) is 32.2. The molecule has 0 aromatic carbocycles. The molecule has 5 atom stereocenters. The Kier molecular flexibility index (Phi) is 9.76. The summed E-state index contributed by atoms with van der Waals surface area (Å²) >= 11 is 1.55. The number of aryl methyl sites for hydroxylation is 1. The van der Waals surface area contributed by atoms with Gasteiger partial charge in [0.05, 0.1) is 34.7 Å². The van der Waals surface area contributed by atoms with Crippen molar-refractivity contribution in [3.63, 3.8) is 0 Å². The lowest BCUT2D eigenvalue weighted by Gasteiger charge is -2.34. The van der Waals surface area contributed by atoms with E-state index in [0.717, 1.165) is 16.3 Å². The minimum absolute atomic E-state index is 0.126. The number of ketones is 1. The van der Waals surface area contributed by atoms with Crippen molar-refractivity contribution in [2.45, 2.75) is 79.1 Å². The topological polar surface area (TPSA) is 96.7 Å². The summed E-state index contributed by atoms with van der Waals surface area (Å²) in [6.07, 6.45) is 7.77. The highest BCUT2D eigenvalue weighted by atomic mass is 32.1. The van der Waals surface area contributed by atoms with Gasteiger partial charge in [-0.2, -0.15) is 0 Å². The molecule has 1 aromatic heterocycles. The summed E-state index contributed by atoms with van der Waals surface area (Å²) in [5, 5.41) is 24.3. The fourth-order valence-corrected chi connectivity index (χ4v) is 4.48. The molecule has 2 heterocycles. The quantitative estimate of drug-likeness (QED) is 0.604. The Morgan fingerprint density at radius 1 is 1.18 bits per heavy atom. The van der Waals surface area contributed by atoms with Crippen LogP contribution in [0.5, 0.6) is 0 Å². The highest BCUT2D eigenvalue weighted by molar-refractivity contribution is 7.09. The standard InChI is InChI=1S/C26H37NO5S/c1-16-11-9-7-8-10-12-21(17(2)13-20-15-33-19(4)27-20)32-23(29)14-22(28)26(5,6)25(31)18(3)24(16)30/h7-10,13,15-16,18,21-22,24,28,30H,11-12,14H2,1-6H3/b9-7+,10-8-,17-13+/t16-,18+,21-,22-,24?/m0/s1. The maximum atomic E-state index is 13.1. The van der Waals surface area contributed by atoms with Gasteiger partial charge < -0.3 is 14.9 Å². The number of carbonyl (C=O) groups excluding carboxylic acids is 2. The summed E-state index contributed by atoms with van der Waals surface area (Å²) in [6, 6.07) is 0. The SMILES string of the molecule is C/C(=C\c1csc(C)n1)[C@@H]1C/C=C\C=C\C[C@H](C)C(O)[C@@H](C)C(=O)C(C)(C)[C@@H](O)CC(=O)O1. The van der Waals surface area contributed by atoms with Gasteiger partial charge in [0.25, 0.3) is 0 Å². The van der Waals surface area contributed by atoms with Gasteiger partial charge in [-0.15, -0.1) is 11.3 Å². The number of esters is 1. The highest BCUT2D eigenvalue weighted by Gasteiger charge is 2.42. The molecule has 0 fully saturated rings. The van der Waals surface area contributed by atoms with E-state index in [0.29, 0.717) is 12.8 Å². The van der Waals surface area contributed by atoms with Gasteiger partial charge in [-0.3, -0.25) is 9.59 Å². The van der Waals surface area contributed by atoms with Crippen LogP contribution in [-0.4, -0.2) is 45.3 Å². The van der Waals surface area contributed by atoms with Crippen molar-refractivity contribution in [2.24, 2.45) is 17.3 Å². The molecule has 0 spiro atoms. The molecule has 2 rings (SSSR count). The first-order valence-corrected chi connectivity index (χ1v) is 12.3. The number of allylic oxidation sites excluding steroid dienone is 3. The first kappa shape index (κ1) is 27.2. The van der Waals surface area contributed by atoms with Gasteiger partial charge >= 0.3 is 5.97 Å². The van der Waals surface area contributed by atoms with Crippen molar-refractivity contribution >= 4 is 29.2 Å². The molecule has 6 nitrogen and oxygen atoms in total. The summed E-state index contributed by atoms with van der Waals surface area (Å²) in [5.74, 6) is -1.64. The summed E-state index contributed by atoms with van der Waals surface area (Å²) in [6.45, 7) is 10.6. The molecule has 7 heteroatoms. The van der Waals surface area contributed by atoms with Crippen LogP contribution in [-0.2, 0) is 14.3 Å². The smallest absolute Gasteiger partial charge is 0.309 e. The van der Waals surface area contributed by atoms with Gasteiger partial charge in [0.2, 0.25) is 0 Å². The number of thiazole rings is 1. The minimum atomic E-state index is -1.23. The number of hydrogen-bond donors (Lipinski definition) is 2. The number of aliphatic hydroxyl groups excluding tert-OH is 2. The number of ether oxygens (including phenoxy) is 1. The van der Waals surface area contributed by atoms with Crippen LogP contribution in [0.15, 0.2) is 35.3 Å². The van der Waals surface area contributed by atoms with E-state index < -0.39 is 35.6 Å². The Morgan fingerprint density at radius 2 is 1.82 bits per heavy atom. The Morgan fingerprint density at radius 3 is 2.42 bits per heavy atom. The third-order valence-corrected chi connectivity index (χ3v) is 7.16. The number of aliphatic hydroxyl groups is 2. The number of Topliss-reactive ketones (excluding diaryl/α,β-unsaturated/α-hetero) is 1. The molecule has 0 saturated heterocycles. The second-order valence-corrected chi connectivity index (χ2v) is 10.6. The maximum absolute atomic E-state index is 13.1. The zero-order valence-corrected chi connectivity index (χ0v) is 21.3. The zero-order chi connectivity index (χ0) is 24.8. The number of hydrogen-bond acceptors (Lipinski definition) is 7. The van der Waals surface area contributed by atoms with Crippen molar-refractivity contribution in [2.75, 3.05) is 0 Å². The Labute approximate surface area is 201 Å². The number of carbonyl (C=O) groups is 2. The Bertz CT molecular complexity index is 914. The highest BCUT2D eigenvalue weighted by Crippen LogP contribution is 2.32. The molecule has 1 aliphatic rings. The first-order chi connectivity index (χ1) is 15.4. The number of aromatic nitrogens is 1. The second kappa shape index (κ2) is 11.9. The molecule has 2 N–H and O–H groups in total. The van der Waals surface area contributed by atoms with Gasteiger partial charge in [0.1, 0.15) is 11.9 Å². The van der Waals surface area contributed by atoms with Crippen LogP contribution in [0.3, 0.4) is 0 Å². The van der Waals surface area contributed by atoms with Gasteiger partial charge in [-0.25, -0.2) is 4.98 Å². The molecule has 0 aliphatic carbocycles. The average molecular weight is 476 g/mol. The van der Waals surface area contributed by atoms with Crippen LogP contribution in [0.4, 0.5) is 0 Å². The lowest BCUT2D eigenvalue weighted by molar-refractivity contribution is -0.154. The first-order valence-electron chi connectivity index (χ1n) is 11.4. The van der Waals surface area contributed by atoms with E-state index in [-0.39, 0.29) is 18.1 Å². The monoisotopic (exact) mass is 475 g/mol. The minimum Gasteiger partial charge on any atom is -0.457 e. The van der Waals surface area contributed by atoms with E-state index in [2.05, 4.69) is 4.98 Å². The summed E-state index contributed by atoms with van der Waals surface area (Å²) in [5.41, 5.74) is 0.457. The molecule has 1 aromatic rings. The fourth-order valence-electron chi connectivity index (χ4n) is 3.91. The van der Waals surface area contributed by atoms with E-state index in [1.54, 1.807) is 32.1 Å². The molecule has 0 saturated carbocycles. The fraction of sp³-hybridized carbons (Fsp3) is 0.577. The lowest BCUT2D eigenvalue weighted by Crippen LogP contribution is -2.45. The molecule has 1 aliphatic heterocycles. The maximum Gasteiger partial charge on any atom is 0.309 e. The summed E-state index contributed by atoms with van der Waals surface area (Å²) in [4.78, 5) is 30.3. The van der Waals surface area contributed by atoms with Crippen LogP contribution in [0.2, 0.25) is 0 Å². The molecule has 0 bridgehead atoms. The van der Waals surface area contributed by atoms with Crippen LogP contribution in [0.1, 0.15) is 64.6 Å². The van der Waals surface area contributed by atoms with Gasteiger partial charge in [-0.1, -0.05) is 52.0 Å². The largest absolute Gasteiger partial charge is 0.457 e. The van der Waals surface area contributed by atoms with Crippen molar-refractivity contribution in [3.05, 3.63) is 46.0 Å². The number of nitrogens with zero attached hydrogens (tertiary/aromatic N) is 1.